The lowest BCUT2D eigenvalue weighted by Gasteiger charge is -2.12. The molecule has 1 N–H and O–H groups in total. The highest BCUT2D eigenvalue weighted by atomic mass is 32.2. The number of hydrogen-bond acceptors (Lipinski definition) is 5. The lowest BCUT2D eigenvalue weighted by Crippen LogP contribution is -2.27. The number of carbonyl (C=O) groups excluding carboxylic acids is 2. The van der Waals surface area contributed by atoms with Crippen LogP contribution in [0.15, 0.2) is 60.0 Å². The van der Waals surface area contributed by atoms with E-state index >= 15 is 0 Å². The predicted molar refractivity (Wildman–Crippen MR) is 111 cm³/mol. The van der Waals surface area contributed by atoms with Crippen LogP contribution in [0.5, 0.6) is 11.5 Å². The van der Waals surface area contributed by atoms with Crippen LogP contribution < -0.4 is 4.74 Å². The summed E-state index contributed by atoms with van der Waals surface area (Å²) < 4.78 is 5.49. The van der Waals surface area contributed by atoms with Crippen LogP contribution in [0, 0.1) is 0 Å². The van der Waals surface area contributed by atoms with Crippen LogP contribution in [0.25, 0.3) is 6.08 Å². The van der Waals surface area contributed by atoms with Crippen molar-refractivity contribution in [2.24, 2.45) is 0 Å². The van der Waals surface area contributed by atoms with Crippen LogP contribution in [0.1, 0.15) is 23.6 Å². The summed E-state index contributed by atoms with van der Waals surface area (Å²) in [5.41, 5.74) is 2.22. The Morgan fingerprint density at radius 1 is 1.21 bits per heavy atom. The number of amides is 2. The fourth-order valence-corrected chi connectivity index (χ4v) is 3.74. The normalized spacial score (nSPS) is 15.3. The van der Waals surface area contributed by atoms with Gasteiger partial charge in [-0.3, -0.25) is 14.5 Å². The summed E-state index contributed by atoms with van der Waals surface area (Å²) in [5, 5.41) is 10.0. The van der Waals surface area contributed by atoms with Crippen molar-refractivity contribution in [1.29, 1.82) is 0 Å². The highest BCUT2D eigenvalue weighted by Gasteiger charge is 2.35. The minimum atomic E-state index is -0.324. The van der Waals surface area contributed by atoms with Crippen LogP contribution in [0.3, 0.4) is 0 Å². The second kappa shape index (κ2) is 8.80. The monoisotopic (exact) mass is 395 g/mol. The highest BCUT2D eigenvalue weighted by Crippen LogP contribution is 2.37. The van der Waals surface area contributed by atoms with Crippen LogP contribution in [0.2, 0.25) is 0 Å². The van der Waals surface area contributed by atoms with Gasteiger partial charge in [0.1, 0.15) is 0 Å². The van der Waals surface area contributed by atoms with E-state index in [9.17, 15) is 14.7 Å². The minimum absolute atomic E-state index is 0.0658. The number of ether oxygens (including phenoxy) is 1. The van der Waals surface area contributed by atoms with E-state index in [-0.39, 0.29) is 23.4 Å². The smallest absolute Gasteiger partial charge is 0.293 e. The zero-order valence-corrected chi connectivity index (χ0v) is 16.4. The van der Waals surface area contributed by atoms with Gasteiger partial charge < -0.3 is 9.84 Å². The van der Waals surface area contributed by atoms with Crippen molar-refractivity contribution < 1.29 is 19.4 Å². The Bertz CT molecular complexity index is 937. The van der Waals surface area contributed by atoms with Gasteiger partial charge in [0, 0.05) is 5.56 Å². The molecular formula is C22H21NO4S. The molecule has 0 atom stereocenters. The zero-order valence-electron chi connectivity index (χ0n) is 15.6. The molecule has 0 bridgehead atoms. The second-order valence-electron chi connectivity index (χ2n) is 6.21. The Balaban J connectivity index is 1.89. The van der Waals surface area contributed by atoms with Crippen LogP contribution in [-0.4, -0.2) is 27.8 Å². The number of phenols is 1. The number of thioether (sulfide) groups is 1. The molecule has 1 saturated heterocycles. The van der Waals surface area contributed by atoms with Crippen molar-refractivity contribution in [1.82, 2.24) is 4.90 Å². The molecule has 1 aliphatic heterocycles. The molecule has 6 heteroatoms. The third-order valence-corrected chi connectivity index (χ3v) is 5.10. The topological polar surface area (TPSA) is 66.8 Å². The SMILES string of the molecule is C=CCc1cc(/C=C2\SC(=O)N(Cc3ccccc3)C2=O)cc(OCC)c1O. The molecule has 2 amide bonds. The van der Waals surface area contributed by atoms with Crippen molar-refractivity contribution in [3.63, 3.8) is 0 Å². The first kappa shape index (κ1) is 19.8. The van der Waals surface area contributed by atoms with Gasteiger partial charge in [0.15, 0.2) is 11.5 Å². The Kier molecular flexibility index (Phi) is 6.21. The first-order chi connectivity index (χ1) is 13.5. The summed E-state index contributed by atoms with van der Waals surface area (Å²) in [4.78, 5) is 26.6. The molecular weight excluding hydrogens is 374 g/mol. The number of rotatable bonds is 7. The average molecular weight is 395 g/mol. The van der Waals surface area contributed by atoms with E-state index in [4.69, 9.17) is 4.74 Å². The lowest BCUT2D eigenvalue weighted by atomic mass is 10.1. The summed E-state index contributed by atoms with van der Waals surface area (Å²) in [7, 11) is 0. The van der Waals surface area contributed by atoms with Crippen molar-refractivity contribution in [3.05, 3.63) is 76.7 Å². The number of phenolic OH excluding ortho intramolecular Hbond substituents is 1. The molecule has 3 rings (SSSR count). The van der Waals surface area contributed by atoms with Crippen LogP contribution >= 0.6 is 11.8 Å². The molecule has 0 unspecified atom stereocenters. The van der Waals surface area contributed by atoms with E-state index in [0.717, 1.165) is 17.3 Å². The standard InChI is InChI=1S/C22H21NO4S/c1-3-8-17-11-16(12-18(20(17)24)27-4-2)13-19-21(25)23(22(26)28-19)14-15-9-6-5-7-10-15/h3,5-7,9-13,24H,1,4,8,14H2,2H3/b19-13-. The van der Waals surface area contributed by atoms with E-state index in [1.807, 2.05) is 37.3 Å². The van der Waals surface area contributed by atoms with Gasteiger partial charge in [-0.15, -0.1) is 6.58 Å². The number of allylic oxidation sites excluding steroid dienone is 1. The fourth-order valence-electron chi connectivity index (χ4n) is 2.90. The number of aromatic hydroxyl groups is 1. The quantitative estimate of drug-likeness (QED) is 0.541. The summed E-state index contributed by atoms with van der Waals surface area (Å²) in [6.45, 7) is 6.17. The molecule has 2 aromatic carbocycles. The third-order valence-electron chi connectivity index (χ3n) is 4.20. The van der Waals surface area contributed by atoms with Gasteiger partial charge in [-0.05, 0) is 54.4 Å². The maximum atomic E-state index is 12.7. The first-order valence-electron chi connectivity index (χ1n) is 8.92. The molecule has 28 heavy (non-hydrogen) atoms. The second-order valence-corrected chi connectivity index (χ2v) is 7.20. The Morgan fingerprint density at radius 3 is 2.64 bits per heavy atom. The first-order valence-corrected chi connectivity index (χ1v) is 9.74. The predicted octanol–water partition coefficient (Wildman–Crippen LogP) is 4.76. The molecule has 1 heterocycles. The summed E-state index contributed by atoms with van der Waals surface area (Å²) in [5.74, 6) is 0.0860. The molecule has 1 fully saturated rings. The van der Waals surface area contributed by atoms with Crippen molar-refractivity contribution in [2.75, 3.05) is 6.61 Å². The third kappa shape index (κ3) is 4.28. The van der Waals surface area contributed by atoms with Crippen molar-refractivity contribution >= 4 is 29.0 Å². The van der Waals surface area contributed by atoms with Gasteiger partial charge in [0.2, 0.25) is 0 Å². The van der Waals surface area contributed by atoms with Crippen molar-refractivity contribution in [3.8, 4) is 11.5 Å². The summed E-state index contributed by atoms with van der Waals surface area (Å²) >= 11 is 0.914. The maximum absolute atomic E-state index is 12.7. The van der Waals surface area contributed by atoms with E-state index in [0.29, 0.717) is 34.8 Å². The minimum Gasteiger partial charge on any atom is -0.504 e. The fraction of sp³-hybridized carbons (Fsp3) is 0.182. The number of hydrogen-bond donors (Lipinski definition) is 1. The molecule has 1 aliphatic rings. The van der Waals surface area contributed by atoms with Gasteiger partial charge in [-0.2, -0.15) is 0 Å². The van der Waals surface area contributed by atoms with Crippen LogP contribution in [0.4, 0.5) is 4.79 Å². The lowest BCUT2D eigenvalue weighted by molar-refractivity contribution is -0.123. The van der Waals surface area contributed by atoms with E-state index < -0.39 is 0 Å². The molecule has 5 nitrogen and oxygen atoms in total. The molecule has 2 aromatic rings. The molecule has 0 aromatic heterocycles. The van der Waals surface area contributed by atoms with Gasteiger partial charge in [0.25, 0.3) is 11.1 Å². The average Bonchev–Trinajstić information content (AvgIpc) is 2.94. The molecule has 0 radical (unpaired) electrons. The Labute approximate surface area is 168 Å². The van der Waals surface area contributed by atoms with Gasteiger partial charge in [-0.25, -0.2) is 0 Å². The van der Waals surface area contributed by atoms with Gasteiger partial charge >= 0.3 is 0 Å². The molecule has 0 aliphatic carbocycles. The van der Waals surface area contributed by atoms with Gasteiger partial charge in [0.05, 0.1) is 18.1 Å². The molecule has 0 saturated carbocycles. The number of nitrogens with zero attached hydrogens (tertiary/aromatic N) is 1. The molecule has 0 spiro atoms. The van der Waals surface area contributed by atoms with Gasteiger partial charge in [-0.1, -0.05) is 36.4 Å². The van der Waals surface area contributed by atoms with Crippen LogP contribution in [-0.2, 0) is 17.8 Å². The highest BCUT2D eigenvalue weighted by molar-refractivity contribution is 8.18. The largest absolute Gasteiger partial charge is 0.504 e. The van der Waals surface area contributed by atoms with E-state index in [1.165, 1.54) is 4.90 Å². The maximum Gasteiger partial charge on any atom is 0.293 e. The number of benzene rings is 2. The zero-order chi connectivity index (χ0) is 20.1. The van der Waals surface area contributed by atoms with Crippen molar-refractivity contribution in [2.45, 2.75) is 19.9 Å². The Hall–Kier alpha value is -2.99. The van der Waals surface area contributed by atoms with E-state index in [2.05, 4.69) is 6.58 Å². The Morgan fingerprint density at radius 2 is 1.96 bits per heavy atom. The molecule has 144 valence electrons. The summed E-state index contributed by atoms with van der Waals surface area (Å²) in [6.07, 6.45) is 3.80. The summed E-state index contributed by atoms with van der Waals surface area (Å²) in [6, 6.07) is 12.8. The van der Waals surface area contributed by atoms with E-state index in [1.54, 1.807) is 24.3 Å². The number of imide groups is 1. The number of carbonyl (C=O) groups is 2.